The molecule has 5 nitrogen and oxygen atoms in total. The summed E-state index contributed by atoms with van der Waals surface area (Å²) in [7, 11) is 0. The highest BCUT2D eigenvalue weighted by Gasteiger charge is 2.20. The molecule has 29 heavy (non-hydrogen) atoms. The summed E-state index contributed by atoms with van der Waals surface area (Å²) in [6.45, 7) is 3.57. The lowest BCUT2D eigenvalue weighted by Crippen LogP contribution is -2.33. The Hall–Kier alpha value is -2.66. The number of benzene rings is 2. The Bertz CT molecular complexity index is 764. The third-order valence-corrected chi connectivity index (χ3v) is 5.43. The second kappa shape index (κ2) is 11.4. The largest absolute Gasteiger partial charge is 0.356 e. The number of rotatable bonds is 5. The van der Waals surface area contributed by atoms with Crippen molar-refractivity contribution in [2.75, 3.05) is 19.6 Å². The van der Waals surface area contributed by atoms with Gasteiger partial charge in [0.05, 0.1) is 0 Å². The van der Waals surface area contributed by atoms with Gasteiger partial charge < -0.3 is 10.6 Å². The first-order chi connectivity index (χ1) is 14.2. The third kappa shape index (κ3) is 7.35. The van der Waals surface area contributed by atoms with Crippen molar-refractivity contribution in [1.82, 2.24) is 15.5 Å². The Morgan fingerprint density at radius 2 is 1.66 bits per heavy atom. The average Bonchev–Trinajstić information content (AvgIpc) is 2.79. The van der Waals surface area contributed by atoms with Crippen LogP contribution in [-0.2, 0) is 22.7 Å². The fourth-order valence-electron chi connectivity index (χ4n) is 3.74. The number of amides is 2. The fourth-order valence-corrected chi connectivity index (χ4v) is 3.74. The van der Waals surface area contributed by atoms with Crippen molar-refractivity contribution in [1.29, 1.82) is 0 Å². The van der Waals surface area contributed by atoms with E-state index in [1.54, 1.807) is 0 Å². The molecule has 0 saturated carbocycles. The fraction of sp³-hybridized carbons (Fsp3) is 0.417. The van der Waals surface area contributed by atoms with E-state index in [1.807, 2.05) is 48.5 Å². The van der Waals surface area contributed by atoms with Gasteiger partial charge in [0.15, 0.2) is 0 Å². The third-order valence-electron chi connectivity index (χ3n) is 5.43. The molecule has 0 spiro atoms. The minimum Gasteiger partial charge on any atom is -0.356 e. The lowest BCUT2D eigenvalue weighted by atomic mass is 9.98. The molecule has 1 heterocycles. The van der Waals surface area contributed by atoms with Crippen LogP contribution in [0.1, 0.15) is 36.8 Å². The molecular weight excluding hydrogens is 362 g/mol. The number of hydrogen-bond acceptors (Lipinski definition) is 3. The monoisotopic (exact) mass is 393 g/mol. The molecule has 1 unspecified atom stereocenters. The van der Waals surface area contributed by atoms with E-state index >= 15 is 0 Å². The number of carbonyl (C=O) groups is 2. The highest BCUT2D eigenvalue weighted by molar-refractivity contribution is 5.79. The Kier molecular flexibility index (Phi) is 8.25. The van der Waals surface area contributed by atoms with Gasteiger partial charge in [-0.05, 0) is 36.9 Å². The topological polar surface area (TPSA) is 61.4 Å². The second-order valence-corrected chi connectivity index (χ2v) is 7.69. The van der Waals surface area contributed by atoms with Crippen LogP contribution in [0.3, 0.4) is 0 Å². The molecule has 1 aliphatic rings. The Labute approximate surface area is 173 Å². The summed E-state index contributed by atoms with van der Waals surface area (Å²) in [4.78, 5) is 27.2. The molecule has 0 aromatic heterocycles. The van der Waals surface area contributed by atoms with Crippen LogP contribution in [0.4, 0.5) is 0 Å². The number of nitrogens with zero attached hydrogens (tertiary/aromatic N) is 1. The van der Waals surface area contributed by atoms with Crippen LogP contribution < -0.4 is 10.6 Å². The van der Waals surface area contributed by atoms with E-state index in [4.69, 9.17) is 0 Å². The second-order valence-electron chi connectivity index (χ2n) is 7.69. The maximum absolute atomic E-state index is 12.7. The van der Waals surface area contributed by atoms with Gasteiger partial charge in [0, 0.05) is 38.5 Å². The van der Waals surface area contributed by atoms with Crippen molar-refractivity contribution in [2.24, 2.45) is 5.92 Å². The molecule has 5 heteroatoms. The van der Waals surface area contributed by atoms with Gasteiger partial charge >= 0.3 is 0 Å². The van der Waals surface area contributed by atoms with Gasteiger partial charge in [-0.15, -0.1) is 0 Å². The zero-order chi connectivity index (χ0) is 20.3. The molecule has 2 aromatic carbocycles. The quantitative estimate of drug-likeness (QED) is 0.821. The van der Waals surface area contributed by atoms with Crippen molar-refractivity contribution in [3.8, 4) is 0 Å². The minimum atomic E-state index is -0.0734. The molecule has 1 saturated heterocycles. The predicted molar refractivity (Wildman–Crippen MR) is 115 cm³/mol. The molecule has 2 aromatic rings. The lowest BCUT2D eigenvalue weighted by molar-refractivity contribution is -0.126. The van der Waals surface area contributed by atoms with Crippen molar-refractivity contribution in [3.05, 3.63) is 71.8 Å². The first-order valence-corrected chi connectivity index (χ1v) is 10.6. The average molecular weight is 394 g/mol. The summed E-state index contributed by atoms with van der Waals surface area (Å²) in [6.07, 6.45) is 2.97. The number of carbonyl (C=O) groups excluding carboxylic acids is 2. The summed E-state index contributed by atoms with van der Waals surface area (Å²) in [5.74, 6) is 0.0704. The maximum Gasteiger partial charge on any atom is 0.223 e. The first-order valence-electron chi connectivity index (χ1n) is 10.6. The molecule has 2 amide bonds. The Balaban J connectivity index is 1.56. The highest BCUT2D eigenvalue weighted by atomic mass is 16.2. The smallest absolute Gasteiger partial charge is 0.223 e. The summed E-state index contributed by atoms with van der Waals surface area (Å²) >= 11 is 0. The van der Waals surface area contributed by atoms with Gasteiger partial charge in [-0.25, -0.2) is 0 Å². The lowest BCUT2D eigenvalue weighted by Gasteiger charge is -2.22. The molecule has 1 atom stereocenters. The SMILES string of the molecule is O=C1CCN(Cc2ccccc2)CCCC(C(=O)NCc2ccccc2)CCN1. The minimum absolute atomic E-state index is 0.0633. The van der Waals surface area contributed by atoms with Crippen LogP contribution >= 0.6 is 0 Å². The zero-order valence-electron chi connectivity index (χ0n) is 17.0. The van der Waals surface area contributed by atoms with Crippen LogP contribution in [-0.4, -0.2) is 36.3 Å². The summed E-state index contributed by atoms with van der Waals surface area (Å²) in [6, 6.07) is 20.3. The summed E-state index contributed by atoms with van der Waals surface area (Å²) in [5.41, 5.74) is 2.35. The van der Waals surface area contributed by atoms with Gasteiger partial charge in [-0.3, -0.25) is 14.5 Å². The van der Waals surface area contributed by atoms with E-state index in [-0.39, 0.29) is 17.7 Å². The van der Waals surface area contributed by atoms with Crippen LogP contribution in [0.5, 0.6) is 0 Å². The molecule has 0 aliphatic carbocycles. The number of hydrogen-bond donors (Lipinski definition) is 2. The van der Waals surface area contributed by atoms with E-state index in [0.29, 0.717) is 25.9 Å². The maximum atomic E-state index is 12.7. The zero-order valence-corrected chi connectivity index (χ0v) is 17.0. The normalized spacial score (nSPS) is 19.0. The predicted octanol–water partition coefficient (Wildman–Crippen LogP) is 3.11. The molecule has 0 radical (unpaired) electrons. The number of nitrogens with one attached hydrogen (secondary N) is 2. The van der Waals surface area contributed by atoms with Crippen molar-refractivity contribution in [2.45, 2.75) is 38.8 Å². The van der Waals surface area contributed by atoms with Crippen LogP contribution in [0.15, 0.2) is 60.7 Å². The highest BCUT2D eigenvalue weighted by Crippen LogP contribution is 2.15. The first kappa shape index (κ1) is 21.1. The molecule has 154 valence electrons. The van der Waals surface area contributed by atoms with E-state index < -0.39 is 0 Å². The van der Waals surface area contributed by atoms with E-state index in [1.165, 1.54) is 5.56 Å². The molecule has 1 aliphatic heterocycles. The van der Waals surface area contributed by atoms with E-state index in [9.17, 15) is 9.59 Å². The molecule has 0 bridgehead atoms. The van der Waals surface area contributed by atoms with Crippen LogP contribution in [0, 0.1) is 5.92 Å². The van der Waals surface area contributed by atoms with Gasteiger partial charge in [-0.2, -0.15) is 0 Å². The van der Waals surface area contributed by atoms with Gasteiger partial charge in [0.2, 0.25) is 11.8 Å². The molecule has 2 N–H and O–H groups in total. The van der Waals surface area contributed by atoms with Gasteiger partial charge in [0.25, 0.3) is 0 Å². The van der Waals surface area contributed by atoms with Gasteiger partial charge in [0.1, 0.15) is 0 Å². The van der Waals surface area contributed by atoms with Gasteiger partial charge in [-0.1, -0.05) is 60.7 Å². The molecule has 3 rings (SSSR count). The molecule has 1 fully saturated rings. The van der Waals surface area contributed by atoms with Crippen molar-refractivity contribution in [3.63, 3.8) is 0 Å². The standard InChI is InChI=1S/C24H31N3O2/c28-23-14-17-27(19-21-10-5-2-6-11-21)16-7-12-22(13-15-25-23)24(29)26-18-20-8-3-1-4-9-20/h1-6,8-11,22H,7,12-19H2,(H,25,28)(H,26,29). The molecular formula is C24H31N3O2. The Morgan fingerprint density at radius 1 is 0.966 bits per heavy atom. The van der Waals surface area contributed by atoms with Crippen molar-refractivity contribution < 1.29 is 9.59 Å². The van der Waals surface area contributed by atoms with Crippen LogP contribution in [0.2, 0.25) is 0 Å². The summed E-state index contributed by atoms with van der Waals surface area (Å²) in [5, 5.41) is 6.04. The van der Waals surface area contributed by atoms with Crippen molar-refractivity contribution >= 4 is 11.8 Å². The van der Waals surface area contributed by atoms with Crippen LogP contribution in [0.25, 0.3) is 0 Å². The summed E-state index contributed by atoms with van der Waals surface area (Å²) < 4.78 is 0. The van der Waals surface area contributed by atoms with E-state index in [2.05, 4.69) is 27.7 Å². The Morgan fingerprint density at radius 3 is 2.38 bits per heavy atom. The van der Waals surface area contributed by atoms with E-state index in [0.717, 1.165) is 38.0 Å².